The van der Waals surface area contributed by atoms with Crippen molar-refractivity contribution in [1.29, 1.82) is 5.26 Å². The zero-order valence-corrected chi connectivity index (χ0v) is 13.1. The fourth-order valence-electron chi connectivity index (χ4n) is 2.05. The molecule has 0 amide bonds. The third-order valence-electron chi connectivity index (χ3n) is 3.10. The maximum atomic E-state index is 12.4. The first kappa shape index (κ1) is 17.3. The molecule has 0 aliphatic rings. The summed E-state index contributed by atoms with van der Waals surface area (Å²) in [6.45, 7) is 1.65. The first-order valence-electron chi connectivity index (χ1n) is 6.11. The molecule has 1 aromatic carbocycles. The van der Waals surface area contributed by atoms with E-state index in [0.29, 0.717) is 0 Å². The van der Waals surface area contributed by atoms with Crippen molar-refractivity contribution in [2.75, 3.05) is 6.26 Å². The molecule has 0 aromatic heterocycles. The molecule has 0 aliphatic carbocycles. The van der Waals surface area contributed by atoms with Crippen LogP contribution in [-0.2, 0) is 19.4 Å². The van der Waals surface area contributed by atoms with Crippen LogP contribution < -0.4 is 0 Å². The highest BCUT2D eigenvalue weighted by atomic mass is 35.5. The summed E-state index contributed by atoms with van der Waals surface area (Å²) >= 11 is 5.72. The van der Waals surface area contributed by atoms with Crippen LogP contribution in [0.15, 0.2) is 29.2 Å². The van der Waals surface area contributed by atoms with Crippen LogP contribution in [0.1, 0.15) is 24.8 Å². The first-order valence-corrected chi connectivity index (χ1v) is 8.38. The highest BCUT2D eigenvalue weighted by Crippen LogP contribution is 2.32. The summed E-state index contributed by atoms with van der Waals surface area (Å²) in [5, 5.41) is 8.92. The van der Waals surface area contributed by atoms with Gasteiger partial charge in [-0.05, 0) is 18.1 Å². The van der Waals surface area contributed by atoms with Crippen molar-refractivity contribution in [2.45, 2.75) is 29.0 Å². The zero-order valence-electron chi connectivity index (χ0n) is 11.5. The van der Waals surface area contributed by atoms with Crippen LogP contribution in [0.25, 0.3) is 0 Å². The molecule has 2 unspecified atom stereocenters. The van der Waals surface area contributed by atoms with Crippen LogP contribution in [0.4, 0.5) is 0 Å². The van der Waals surface area contributed by atoms with Crippen molar-refractivity contribution in [3.05, 3.63) is 29.8 Å². The number of alkyl halides is 1. The third-order valence-corrected chi connectivity index (χ3v) is 4.63. The standard InChI is InChI=1S/C14H14ClNO4S/c1-3-10(13(18)14(15,8-16)9-17)11-6-4-5-7-12(11)21(2,19)20/h4-7,9-10H,3H2,1-2H3. The van der Waals surface area contributed by atoms with Crippen LogP contribution in [0, 0.1) is 11.3 Å². The molecule has 5 nitrogen and oxygen atoms in total. The fraction of sp³-hybridized carbons (Fsp3) is 0.357. The Morgan fingerprint density at radius 3 is 2.48 bits per heavy atom. The van der Waals surface area contributed by atoms with E-state index in [9.17, 15) is 18.0 Å². The Morgan fingerprint density at radius 2 is 2.05 bits per heavy atom. The van der Waals surface area contributed by atoms with Crippen molar-refractivity contribution < 1.29 is 18.0 Å². The van der Waals surface area contributed by atoms with E-state index in [2.05, 4.69) is 0 Å². The number of carbonyl (C=O) groups is 2. The molecule has 0 N–H and O–H groups in total. The lowest BCUT2D eigenvalue weighted by Crippen LogP contribution is -2.37. The van der Waals surface area contributed by atoms with Crippen molar-refractivity contribution >= 4 is 33.5 Å². The molecule has 0 fully saturated rings. The van der Waals surface area contributed by atoms with Crippen molar-refractivity contribution in [1.82, 2.24) is 0 Å². The maximum Gasteiger partial charge on any atom is 0.243 e. The molecular weight excluding hydrogens is 314 g/mol. The van der Waals surface area contributed by atoms with Gasteiger partial charge in [-0.1, -0.05) is 36.7 Å². The second-order valence-corrected chi connectivity index (χ2v) is 7.16. The van der Waals surface area contributed by atoms with Gasteiger partial charge in [0.25, 0.3) is 0 Å². The number of halogens is 1. The summed E-state index contributed by atoms with van der Waals surface area (Å²) in [6.07, 6.45) is 1.32. The largest absolute Gasteiger partial charge is 0.300 e. The lowest BCUT2D eigenvalue weighted by Gasteiger charge is -2.21. The van der Waals surface area contributed by atoms with Gasteiger partial charge in [-0.2, -0.15) is 5.26 Å². The van der Waals surface area contributed by atoms with Gasteiger partial charge >= 0.3 is 0 Å². The van der Waals surface area contributed by atoms with E-state index in [0.717, 1.165) is 6.26 Å². The highest BCUT2D eigenvalue weighted by molar-refractivity contribution is 7.90. The van der Waals surface area contributed by atoms with Crippen molar-refractivity contribution in [3.8, 4) is 6.07 Å². The number of aldehydes is 1. The molecule has 21 heavy (non-hydrogen) atoms. The summed E-state index contributed by atoms with van der Waals surface area (Å²) < 4.78 is 23.6. The van der Waals surface area contributed by atoms with Crippen molar-refractivity contribution in [3.63, 3.8) is 0 Å². The number of hydrogen-bond donors (Lipinski definition) is 0. The van der Waals surface area contributed by atoms with Crippen LogP contribution in [0.3, 0.4) is 0 Å². The smallest absolute Gasteiger partial charge is 0.243 e. The van der Waals surface area contributed by atoms with E-state index in [1.807, 2.05) is 0 Å². The minimum atomic E-state index is -3.55. The van der Waals surface area contributed by atoms with Gasteiger partial charge in [0.1, 0.15) is 6.07 Å². The molecule has 0 radical (unpaired) electrons. The molecule has 2 atom stereocenters. The Kier molecular flexibility index (Phi) is 5.26. The number of hydrogen-bond acceptors (Lipinski definition) is 5. The summed E-state index contributed by atoms with van der Waals surface area (Å²) in [5.41, 5.74) is 0.245. The van der Waals surface area contributed by atoms with Gasteiger partial charge < -0.3 is 0 Å². The van der Waals surface area contributed by atoms with Crippen LogP contribution in [0.5, 0.6) is 0 Å². The number of benzene rings is 1. The zero-order chi connectivity index (χ0) is 16.3. The Labute approximate surface area is 128 Å². The van der Waals surface area contributed by atoms with E-state index in [-0.39, 0.29) is 23.2 Å². The minimum absolute atomic E-state index is 0.00643. The number of sulfone groups is 1. The number of nitriles is 1. The fourth-order valence-corrected chi connectivity index (χ4v) is 3.14. The van der Waals surface area contributed by atoms with E-state index in [1.54, 1.807) is 13.0 Å². The van der Waals surface area contributed by atoms with Gasteiger partial charge in [-0.15, -0.1) is 0 Å². The van der Waals surface area contributed by atoms with Gasteiger partial charge in [-0.25, -0.2) is 8.42 Å². The van der Waals surface area contributed by atoms with Gasteiger partial charge in [-0.3, -0.25) is 9.59 Å². The maximum absolute atomic E-state index is 12.4. The van der Waals surface area contributed by atoms with Gasteiger partial charge in [0.15, 0.2) is 21.9 Å². The van der Waals surface area contributed by atoms with Crippen LogP contribution in [0.2, 0.25) is 0 Å². The lowest BCUT2D eigenvalue weighted by atomic mass is 9.86. The molecule has 0 bridgehead atoms. The Bertz CT molecular complexity index is 708. The normalized spacial score (nSPS) is 15.5. The molecule has 0 aliphatic heterocycles. The van der Waals surface area contributed by atoms with Crippen LogP contribution in [-0.4, -0.2) is 31.6 Å². The first-order chi connectivity index (χ1) is 9.71. The van der Waals surface area contributed by atoms with E-state index < -0.39 is 26.4 Å². The molecule has 1 rings (SSSR count). The Hall–Kier alpha value is -1.71. The quantitative estimate of drug-likeness (QED) is 0.451. The molecule has 0 saturated heterocycles. The molecular formula is C14H14ClNO4S. The molecule has 7 heteroatoms. The molecule has 112 valence electrons. The van der Waals surface area contributed by atoms with E-state index in [1.165, 1.54) is 24.3 Å². The van der Waals surface area contributed by atoms with Gasteiger partial charge in [0.2, 0.25) is 4.87 Å². The SMILES string of the molecule is CCC(C(=O)C(Cl)(C#N)C=O)c1ccccc1S(C)(=O)=O. The summed E-state index contributed by atoms with van der Waals surface area (Å²) in [5.74, 6) is -1.77. The predicted octanol–water partition coefficient (Wildman–Crippen LogP) is 1.85. The Balaban J connectivity index is 3.48. The summed E-state index contributed by atoms with van der Waals surface area (Å²) in [7, 11) is -3.55. The average molecular weight is 328 g/mol. The molecule has 0 saturated carbocycles. The molecule has 0 heterocycles. The third kappa shape index (κ3) is 3.49. The topological polar surface area (TPSA) is 92.1 Å². The number of nitrogens with zero attached hydrogens (tertiary/aromatic N) is 1. The van der Waals surface area contributed by atoms with E-state index >= 15 is 0 Å². The predicted molar refractivity (Wildman–Crippen MR) is 77.9 cm³/mol. The lowest BCUT2D eigenvalue weighted by molar-refractivity contribution is -0.125. The van der Waals surface area contributed by atoms with Gasteiger partial charge in [0.05, 0.1) is 4.90 Å². The van der Waals surface area contributed by atoms with Gasteiger partial charge in [0, 0.05) is 12.2 Å². The Morgan fingerprint density at radius 1 is 1.48 bits per heavy atom. The minimum Gasteiger partial charge on any atom is -0.300 e. The van der Waals surface area contributed by atoms with E-state index in [4.69, 9.17) is 16.9 Å². The number of rotatable bonds is 6. The average Bonchev–Trinajstić information content (AvgIpc) is 2.46. The second-order valence-electron chi connectivity index (χ2n) is 4.58. The molecule has 0 spiro atoms. The second kappa shape index (κ2) is 6.37. The summed E-state index contributed by atoms with van der Waals surface area (Å²) in [4.78, 5) is 21.0. The summed E-state index contributed by atoms with van der Waals surface area (Å²) in [6, 6.07) is 7.46. The van der Waals surface area contributed by atoms with Crippen LogP contribution >= 0.6 is 11.6 Å². The number of Topliss-reactive ketones (excluding diaryl/α,β-unsaturated/α-hetero) is 1. The number of carbonyl (C=O) groups excluding carboxylic acids is 2. The number of ketones is 1. The monoisotopic (exact) mass is 327 g/mol. The molecule has 1 aromatic rings. The van der Waals surface area contributed by atoms with Crippen molar-refractivity contribution in [2.24, 2.45) is 0 Å². The highest BCUT2D eigenvalue weighted by Gasteiger charge is 2.41.